The molecule has 0 atom stereocenters. The maximum Gasteiger partial charge on any atom is 0.355 e. The van der Waals surface area contributed by atoms with E-state index >= 15 is 0 Å². The molecule has 18 heavy (non-hydrogen) atoms. The van der Waals surface area contributed by atoms with Gasteiger partial charge in [-0.25, -0.2) is 9.59 Å². The number of pyridine rings is 1. The summed E-state index contributed by atoms with van der Waals surface area (Å²) < 4.78 is 11.0. The van der Waals surface area contributed by atoms with Crippen LogP contribution in [0.4, 0.5) is 0 Å². The summed E-state index contributed by atoms with van der Waals surface area (Å²) in [5.74, 6) is -0.975. The molecular formula is C13H13NO4. The predicted octanol–water partition coefficient (Wildman–Crippen LogP) is 1.82. The molecule has 5 heteroatoms. The second-order valence-electron chi connectivity index (χ2n) is 3.89. The fourth-order valence-corrected chi connectivity index (χ4v) is 1.84. The number of rotatable bonds is 2. The molecule has 2 aromatic heterocycles. The van der Waals surface area contributed by atoms with Crippen molar-refractivity contribution in [2.75, 3.05) is 14.2 Å². The van der Waals surface area contributed by atoms with Gasteiger partial charge >= 0.3 is 11.9 Å². The molecule has 0 fully saturated rings. The van der Waals surface area contributed by atoms with Gasteiger partial charge in [0.05, 0.1) is 25.3 Å². The number of carbonyl (C=O) groups is 2. The summed E-state index contributed by atoms with van der Waals surface area (Å²) in [5.41, 5.74) is 2.26. The lowest BCUT2D eigenvalue weighted by atomic mass is 10.2. The van der Waals surface area contributed by atoms with Gasteiger partial charge < -0.3 is 13.9 Å². The van der Waals surface area contributed by atoms with Crippen molar-refractivity contribution in [3.8, 4) is 0 Å². The highest BCUT2D eigenvalue weighted by atomic mass is 16.5. The monoisotopic (exact) mass is 247 g/mol. The van der Waals surface area contributed by atoms with Crippen molar-refractivity contribution in [3.63, 3.8) is 0 Å². The molecule has 2 aromatic rings. The Morgan fingerprint density at radius 3 is 2.39 bits per heavy atom. The first kappa shape index (κ1) is 12.2. The summed E-state index contributed by atoms with van der Waals surface area (Å²) in [6.07, 6.45) is 1.73. The number of fused-ring (bicyclic) bond motifs is 1. The quantitative estimate of drug-likeness (QED) is 0.759. The smallest absolute Gasteiger partial charge is 0.355 e. The first-order chi connectivity index (χ1) is 8.58. The Kier molecular flexibility index (Phi) is 3.06. The molecule has 0 N–H and O–H groups in total. The van der Waals surface area contributed by atoms with Gasteiger partial charge in [-0.15, -0.1) is 0 Å². The van der Waals surface area contributed by atoms with Crippen molar-refractivity contribution in [1.82, 2.24) is 4.40 Å². The zero-order valence-corrected chi connectivity index (χ0v) is 10.4. The van der Waals surface area contributed by atoms with Crippen LogP contribution in [-0.4, -0.2) is 30.6 Å². The van der Waals surface area contributed by atoms with Crippen molar-refractivity contribution in [2.45, 2.75) is 6.92 Å². The molecule has 94 valence electrons. The summed E-state index contributed by atoms with van der Waals surface area (Å²) in [7, 11) is 2.60. The Labute approximate surface area is 104 Å². The maximum absolute atomic E-state index is 11.7. The fourth-order valence-electron chi connectivity index (χ4n) is 1.84. The van der Waals surface area contributed by atoms with Gasteiger partial charge in [-0.05, 0) is 30.7 Å². The topological polar surface area (TPSA) is 57.0 Å². The summed E-state index contributed by atoms with van der Waals surface area (Å²) >= 11 is 0. The Hall–Kier alpha value is -2.30. The van der Waals surface area contributed by atoms with Crippen molar-refractivity contribution in [1.29, 1.82) is 0 Å². The van der Waals surface area contributed by atoms with Crippen LogP contribution < -0.4 is 0 Å². The average Bonchev–Trinajstić information content (AvgIpc) is 2.75. The SMILES string of the molecule is COC(=O)c1cc(C(=O)OC)n2ccc(C)cc12. The number of aryl methyl sites for hydroxylation is 1. The van der Waals surface area contributed by atoms with E-state index in [1.807, 2.05) is 19.1 Å². The number of aromatic nitrogens is 1. The average molecular weight is 247 g/mol. The number of hydrogen-bond acceptors (Lipinski definition) is 4. The van der Waals surface area contributed by atoms with E-state index < -0.39 is 11.9 Å². The van der Waals surface area contributed by atoms with Gasteiger partial charge in [0.25, 0.3) is 0 Å². The molecule has 2 heterocycles. The Morgan fingerprint density at radius 2 is 1.78 bits per heavy atom. The molecule has 0 saturated heterocycles. The second-order valence-corrected chi connectivity index (χ2v) is 3.89. The van der Waals surface area contributed by atoms with E-state index in [0.717, 1.165) is 5.56 Å². The molecule has 0 bridgehead atoms. The molecule has 5 nitrogen and oxygen atoms in total. The van der Waals surface area contributed by atoms with Crippen molar-refractivity contribution in [3.05, 3.63) is 41.2 Å². The van der Waals surface area contributed by atoms with E-state index in [1.54, 1.807) is 10.6 Å². The van der Waals surface area contributed by atoms with Crippen LogP contribution in [0.5, 0.6) is 0 Å². The number of carbonyl (C=O) groups excluding carboxylic acids is 2. The number of nitrogens with zero attached hydrogens (tertiary/aromatic N) is 1. The van der Waals surface area contributed by atoms with Crippen LogP contribution in [0.15, 0.2) is 24.4 Å². The first-order valence-electron chi connectivity index (χ1n) is 5.37. The fraction of sp³-hybridized carbons (Fsp3) is 0.231. The highest BCUT2D eigenvalue weighted by Crippen LogP contribution is 2.20. The van der Waals surface area contributed by atoms with Crippen LogP contribution in [-0.2, 0) is 9.47 Å². The third kappa shape index (κ3) is 1.84. The Balaban J connectivity index is 2.75. The second kappa shape index (κ2) is 4.52. The largest absolute Gasteiger partial charge is 0.465 e. The van der Waals surface area contributed by atoms with Crippen molar-refractivity contribution >= 4 is 17.5 Å². The zero-order valence-electron chi connectivity index (χ0n) is 10.4. The molecule has 0 aliphatic rings. The van der Waals surface area contributed by atoms with Crippen LogP contribution in [0, 0.1) is 6.92 Å². The van der Waals surface area contributed by atoms with Crippen LogP contribution in [0.2, 0.25) is 0 Å². The molecule has 0 spiro atoms. The van der Waals surface area contributed by atoms with Gasteiger partial charge in [-0.1, -0.05) is 0 Å². The van der Waals surface area contributed by atoms with Crippen molar-refractivity contribution in [2.24, 2.45) is 0 Å². The highest BCUT2D eigenvalue weighted by Gasteiger charge is 2.20. The van der Waals surface area contributed by atoms with E-state index in [-0.39, 0.29) is 0 Å². The molecule has 0 unspecified atom stereocenters. The van der Waals surface area contributed by atoms with Gasteiger partial charge in [0.15, 0.2) is 0 Å². The molecule has 0 aromatic carbocycles. The van der Waals surface area contributed by atoms with E-state index in [9.17, 15) is 9.59 Å². The van der Waals surface area contributed by atoms with Gasteiger partial charge in [-0.3, -0.25) is 0 Å². The lowest BCUT2D eigenvalue weighted by molar-refractivity contribution is 0.0592. The minimum absolute atomic E-state index is 0.299. The van der Waals surface area contributed by atoms with Gasteiger partial charge in [0, 0.05) is 6.20 Å². The van der Waals surface area contributed by atoms with Crippen LogP contribution in [0.25, 0.3) is 5.52 Å². The Morgan fingerprint density at radius 1 is 1.11 bits per heavy atom. The minimum Gasteiger partial charge on any atom is -0.465 e. The third-order valence-electron chi connectivity index (χ3n) is 2.73. The summed E-state index contributed by atoms with van der Waals surface area (Å²) in [4.78, 5) is 23.3. The van der Waals surface area contributed by atoms with Crippen LogP contribution in [0.3, 0.4) is 0 Å². The zero-order chi connectivity index (χ0) is 13.3. The lowest BCUT2D eigenvalue weighted by Gasteiger charge is -2.02. The molecule has 0 saturated carbocycles. The standard InChI is InChI=1S/C13H13NO4/c1-8-4-5-14-10(6-8)9(12(15)17-2)7-11(14)13(16)18-3/h4-7H,1-3H3. The van der Waals surface area contributed by atoms with Crippen molar-refractivity contribution < 1.29 is 19.1 Å². The molecule has 0 aliphatic heterocycles. The molecule has 0 amide bonds. The maximum atomic E-state index is 11.7. The van der Waals surface area contributed by atoms with Crippen LogP contribution >= 0.6 is 0 Å². The van der Waals surface area contributed by atoms with E-state index in [4.69, 9.17) is 4.74 Å². The van der Waals surface area contributed by atoms with E-state index in [0.29, 0.717) is 16.8 Å². The van der Waals surface area contributed by atoms with Gasteiger partial charge in [-0.2, -0.15) is 0 Å². The number of hydrogen-bond donors (Lipinski definition) is 0. The van der Waals surface area contributed by atoms with Gasteiger partial charge in [0.2, 0.25) is 0 Å². The normalized spacial score (nSPS) is 10.4. The van der Waals surface area contributed by atoms with E-state index in [1.165, 1.54) is 20.3 Å². The lowest BCUT2D eigenvalue weighted by Crippen LogP contribution is -2.04. The van der Waals surface area contributed by atoms with Gasteiger partial charge in [0.1, 0.15) is 5.69 Å². The minimum atomic E-state index is -0.496. The molecule has 2 rings (SSSR count). The third-order valence-corrected chi connectivity index (χ3v) is 2.73. The Bertz CT molecular complexity index is 627. The predicted molar refractivity (Wildman–Crippen MR) is 64.8 cm³/mol. The highest BCUT2D eigenvalue weighted by molar-refractivity contribution is 6.01. The number of methoxy groups -OCH3 is 2. The van der Waals surface area contributed by atoms with E-state index in [2.05, 4.69) is 4.74 Å². The molecule has 0 aliphatic carbocycles. The summed E-state index contributed by atoms with van der Waals surface area (Å²) in [6, 6.07) is 5.14. The summed E-state index contributed by atoms with van der Waals surface area (Å²) in [6.45, 7) is 1.91. The first-order valence-corrected chi connectivity index (χ1v) is 5.37. The molecular weight excluding hydrogens is 234 g/mol. The number of esters is 2. The molecule has 0 radical (unpaired) electrons. The number of ether oxygens (including phenoxy) is 2. The summed E-state index contributed by atoms with van der Waals surface area (Å²) in [5, 5.41) is 0. The van der Waals surface area contributed by atoms with Crippen LogP contribution in [0.1, 0.15) is 26.4 Å².